The van der Waals surface area contributed by atoms with Gasteiger partial charge in [0.05, 0.1) is 42.7 Å². The predicted molar refractivity (Wildman–Crippen MR) is 345 cm³/mol. The molecule has 0 spiro atoms. The van der Waals surface area contributed by atoms with Gasteiger partial charge in [0, 0.05) is 61.3 Å². The molecule has 0 bridgehead atoms. The first-order valence-electron chi connectivity index (χ1n) is 31.1. The van der Waals surface area contributed by atoms with Crippen LogP contribution in [0.1, 0.15) is 164 Å². The van der Waals surface area contributed by atoms with Crippen molar-refractivity contribution in [3.8, 4) is 22.3 Å². The van der Waals surface area contributed by atoms with Crippen LogP contribution in [0.15, 0.2) is 82.6 Å². The zero-order chi connectivity index (χ0) is 70.8. The molecule has 0 aliphatic carbocycles. The zero-order valence-corrected chi connectivity index (χ0v) is 57.5. The minimum absolute atomic E-state index is 0. The number of likely N-dealkylation sites (N-methyl/N-ethyl adjacent to an activating group) is 2. The Morgan fingerprint density at radius 1 is 0.521 bits per heavy atom. The molecule has 0 aliphatic rings. The summed E-state index contributed by atoms with van der Waals surface area (Å²) in [6, 6.07) is 9.65. The van der Waals surface area contributed by atoms with E-state index in [4.69, 9.17) is 4.74 Å². The summed E-state index contributed by atoms with van der Waals surface area (Å²) in [6.07, 6.45) is -8.02. The minimum Gasteiger partial charge on any atom is -0.870 e. The number of nitrogens with zero attached hydrogens (tertiary/aromatic N) is 4. The van der Waals surface area contributed by atoms with Gasteiger partial charge < -0.3 is 34.3 Å². The van der Waals surface area contributed by atoms with E-state index < -0.39 is 137 Å². The van der Waals surface area contributed by atoms with Crippen molar-refractivity contribution in [1.82, 2.24) is 18.9 Å². The Morgan fingerprint density at radius 3 is 1.15 bits per heavy atom. The second-order valence-electron chi connectivity index (χ2n) is 25.9. The van der Waals surface area contributed by atoms with Crippen LogP contribution in [-0.4, -0.2) is 101 Å². The molecule has 2 aromatic heterocycles. The summed E-state index contributed by atoms with van der Waals surface area (Å²) >= 11 is 0. The van der Waals surface area contributed by atoms with Gasteiger partial charge in [-0.1, -0.05) is 27.7 Å². The molecule has 0 saturated heterocycles. The number of pyridine rings is 2. The van der Waals surface area contributed by atoms with Crippen molar-refractivity contribution in [1.29, 1.82) is 0 Å². The van der Waals surface area contributed by atoms with E-state index in [-0.39, 0.29) is 83.4 Å². The minimum atomic E-state index is -5.15. The molecule has 96 heavy (non-hydrogen) atoms. The molecule has 6 aromatic rings. The number of carbonyl (C=O) groups excluding carboxylic acids is 3. The summed E-state index contributed by atoms with van der Waals surface area (Å²) in [5, 5.41) is 9.75. The number of hydrogen-bond acceptors (Lipinski definition) is 10. The molecule has 6 rings (SSSR count). The molecule has 0 aliphatic heterocycles. The van der Waals surface area contributed by atoms with E-state index in [2.05, 4.69) is 0 Å². The molecular formula is C72H87F10LiN4O9. The average Bonchev–Trinajstić information content (AvgIpc) is 0.781. The quantitative estimate of drug-likeness (QED) is 0.0295. The maximum absolute atomic E-state index is 16.0. The van der Waals surface area contributed by atoms with E-state index in [0.717, 1.165) is 29.3 Å². The van der Waals surface area contributed by atoms with E-state index in [0.29, 0.717) is 71.4 Å². The molecule has 2 N–H and O–H groups in total. The summed E-state index contributed by atoms with van der Waals surface area (Å²) in [6.45, 7) is 19.7. The van der Waals surface area contributed by atoms with Gasteiger partial charge >= 0.3 is 43.2 Å². The summed E-state index contributed by atoms with van der Waals surface area (Å²) in [5.41, 5.74) is -0.966. The third-order valence-corrected chi connectivity index (χ3v) is 16.4. The predicted octanol–water partition coefficient (Wildman–Crippen LogP) is 12.6. The Hall–Kier alpha value is -7.16. The summed E-state index contributed by atoms with van der Waals surface area (Å²) in [4.78, 5) is 83.7. The Bertz CT molecular complexity index is 3810. The molecule has 4 atom stereocenters. The van der Waals surface area contributed by atoms with Crippen LogP contribution in [0.3, 0.4) is 0 Å². The Kier molecular flexibility index (Phi) is 30.6. The second kappa shape index (κ2) is 35.4. The van der Waals surface area contributed by atoms with Crippen molar-refractivity contribution in [3.05, 3.63) is 184 Å². The molecule has 24 heteroatoms. The van der Waals surface area contributed by atoms with Crippen LogP contribution in [0.5, 0.6) is 0 Å². The number of carboxylic acid groups (broad SMARTS) is 1. The van der Waals surface area contributed by atoms with Gasteiger partial charge in [-0.05, 0) is 242 Å². The molecule has 520 valence electrons. The van der Waals surface area contributed by atoms with Gasteiger partial charge in [0.1, 0.15) is 23.3 Å². The number of aryl methyl sites for hydroxylation is 6. The summed E-state index contributed by atoms with van der Waals surface area (Å²) in [7, 11) is 7.62. The van der Waals surface area contributed by atoms with Gasteiger partial charge in [0.25, 0.3) is 11.1 Å². The number of aromatic nitrogens is 2. The summed E-state index contributed by atoms with van der Waals surface area (Å²) < 4.78 is 153. The van der Waals surface area contributed by atoms with Gasteiger partial charge in [-0.2, -0.15) is 26.3 Å². The molecule has 0 amide bonds. The van der Waals surface area contributed by atoms with E-state index >= 15 is 8.78 Å². The fourth-order valence-corrected chi connectivity index (χ4v) is 12.1. The first-order chi connectivity index (χ1) is 43.6. The second-order valence-corrected chi connectivity index (χ2v) is 25.9. The smallest absolute Gasteiger partial charge is 0.870 e. The number of alkyl halides is 6. The van der Waals surface area contributed by atoms with E-state index in [1.807, 2.05) is 65.7 Å². The van der Waals surface area contributed by atoms with Gasteiger partial charge in [-0.3, -0.25) is 28.8 Å². The van der Waals surface area contributed by atoms with Crippen LogP contribution >= 0.6 is 0 Å². The monoisotopic (exact) mass is 1350 g/mol. The van der Waals surface area contributed by atoms with Crippen LogP contribution in [0.25, 0.3) is 22.3 Å². The normalized spacial score (nSPS) is 13.0. The van der Waals surface area contributed by atoms with E-state index in [1.165, 1.54) is 55.0 Å². The number of esters is 1. The molecule has 13 nitrogen and oxygen atoms in total. The van der Waals surface area contributed by atoms with Crippen molar-refractivity contribution in [2.24, 2.45) is 11.8 Å². The molecule has 0 radical (unpaired) electrons. The Balaban J connectivity index is 0.000000490. The van der Waals surface area contributed by atoms with Gasteiger partial charge in [-0.25, -0.2) is 17.6 Å². The number of ether oxygens (including phenoxy) is 1. The number of carbonyl (C=O) groups is 4. The van der Waals surface area contributed by atoms with Crippen LogP contribution in [0.2, 0.25) is 0 Å². The summed E-state index contributed by atoms with van der Waals surface area (Å²) in [5.74, 6) is -10.9. The maximum atomic E-state index is 16.0. The number of ketones is 2. The molecule has 2 unspecified atom stereocenters. The van der Waals surface area contributed by atoms with Crippen molar-refractivity contribution >= 4 is 23.5 Å². The number of aliphatic carboxylic acids is 1. The van der Waals surface area contributed by atoms with Crippen molar-refractivity contribution in [3.63, 3.8) is 0 Å². The largest absolute Gasteiger partial charge is 1.00 e. The van der Waals surface area contributed by atoms with E-state index in [9.17, 15) is 69.0 Å². The first-order valence-corrected chi connectivity index (χ1v) is 31.1. The fraction of sp³-hybridized carbons (Fsp3) is 0.472. The molecule has 0 fully saturated rings. The van der Waals surface area contributed by atoms with Gasteiger partial charge in [-0.15, -0.1) is 0 Å². The Morgan fingerprint density at radius 2 is 0.854 bits per heavy atom. The SMILES string of the molecule is CCOC(=O)C[C@H](CC(=O)C(CC(C)C)n1cc(CCN(C)C)cc(C)c1=O)c1cc(-c2c(C)cc(F)cc2C)cc(C(F)(F)F)c1F.Cc1cc(F)cc(C)c1-c1cc([C@H](CC(=O)O)CC(=O)C(CC(C)C)n2cc(CCN(C)C)cc(C)c2=O)c(F)c(C(F)(F)F)c1.[Li+].[OH-]. The topological polar surface area (TPSA) is 178 Å². The Labute approximate surface area is 566 Å². The van der Waals surface area contributed by atoms with E-state index in [1.54, 1.807) is 45.3 Å². The zero-order valence-electron chi connectivity index (χ0n) is 57.5. The molecule has 2 heterocycles. The number of halogens is 10. The third-order valence-electron chi connectivity index (χ3n) is 16.4. The van der Waals surface area contributed by atoms with Crippen LogP contribution in [0, 0.1) is 76.6 Å². The molecule has 0 saturated carbocycles. The number of rotatable bonds is 27. The number of carboxylic acids is 1. The molecular weight excluding hydrogens is 1260 g/mol. The van der Waals surface area contributed by atoms with Crippen molar-refractivity contribution < 1.29 is 97.3 Å². The van der Waals surface area contributed by atoms with Crippen molar-refractivity contribution in [2.45, 2.75) is 164 Å². The molecule has 4 aromatic carbocycles. The van der Waals surface area contributed by atoms with Gasteiger partial charge in [0.15, 0.2) is 11.6 Å². The average molecular weight is 1350 g/mol. The maximum Gasteiger partial charge on any atom is 1.00 e. The van der Waals surface area contributed by atoms with Crippen LogP contribution in [-0.2, 0) is 49.1 Å². The number of benzene rings is 4. The van der Waals surface area contributed by atoms with Crippen LogP contribution < -0.4 is 30.0 Å². The standard InChI is InChI=1S/C37H45F5N2O4.C35H41F5N2O4.Li.H2O/c1-9-48-33(46)19-26(18-32(45)31(12-21(2)3)44-20-25(10-11-43(7)8)13-24(6)36(44)47)29-16-27(17-30(35(29)39)37(40,41)42)34-22(4)14-28(38)15-23(34)5;1-19(2)10-29(42-18-23(8-9-41(6)7)11-22(5)34(42)46)30(43)16-24(17-31(44)45)27-14-25(15-28(33(27)37)35(38,39)40)32-20(3)12-26(36)13-21(32)4;;/h13-17,20-21,26,31H,9-12,18-19H2,1-8H3;11-15,18-19,24,29H,8-10,16-17H2,1-7H3,(H,44,45);;1H2/q;;+1;/p-1/t26-,31?;24-,29?;;/m00../s1. The van der Waals surface area contributed by atoms with Gasteiger partial charge in [0.2, 0.25) is 0 Å². The third kappa shape index (κ3) is 22.2. The fourth-order valence-electron chi connectivity index (χ4n) is 12.1. The van der Waals surface area contributed by atoms with Crippen molar-refractivity contribution in [2.75, 3.05) is 47.9 Å². The number of hydrogen-bond donors (Lipinski definition) is 1. The number of Topliss-reactive ketones (excluding diaryl/α,β-unsaturated/α-hetero) is 2. The first kappa shape index (κ1) is 83.1. The van der Waals surface area contributed by atoms with Crippen LogP contribution in [0.4, 0.5) is 43.9 Å².